The average molecular weight is 248 g/mol. The number of nitrogens with zero attached hydrogens (tertiary/aromatic N) is 1. The molecule has 0 unspecified atom stereocenters. The van der Waals surface area contributed by atoms with Crippen LogP contribution in [0.3, 0.4) is 0 Å². The second-order valence-electron chi connectivity index (χ2n) is 3.95. The lowest BCUT2D eigenvalue weighted by Crippen LogP contribution is -1.94. The minimum Gasteiger partial charge on any atom is -0.496 e. The predicted octanol–water partition coefficient (Wildman–Crippen LogP) is 4.03. The van der Waals surface area contributed by atoms with E-state index in [1.807, 2.05) is 19.1 Å². The molecule has 0 radical (unpaired) electrons. The van der Waals surface area contributed by atoms with Gasteiger partial charge in [-0.25, -0.2) is 0 Å². The molecule has 0 fully saturated rings. The van der Waals surface area contributed by atoms with Crippen LogP contribution in [0.5, 0.6) is 5.75 Å². The first-order chi connectivity index (χ1) is 8.13. The lowest BCUT2D eigenvalue weighted by Gasteiger charge is -2.13. The lowest BCUT2D eigenvalue weighted by atomic mass is 10.0. The number of ether oxygens (including phenoxy) is 1. The number of methoxy groups -OCH3 is 1. The molecule has 17 heavy (non-hydrogen) atoms. The zero-order valence-corrected chi connectivity index (χ0v) is 10.9. The van der Waals surface area contributed by atoms with Crippen LogP contribution in [0.1, 0.15) is 11.1 Å². The van der Waals surface area contributed by atoms with E-state index in [1.54, 1.807) is 19.4 Å². The van der Waals surface area contributed by atoms with E-state index in [9.17, 15) is 0 Å². The lowest BCUT2D eigenvalue weighted by molar-refractivity contribution is 0.413. The summed E-state index contributed by atoms with van der Waals surface area (Å²) in [5.74, 6) is 0.861. The van der Waals surface area contributed by atoms with Crippen LogP contribution in [0, 0.1) is 13.8 Å². The number of benzene rings is 1. The van der Waals surface area contributed by atoms with Gasteiger partial charge in [0, 0.05) is 16.8 Å². The summed E-state index contributed by atoms with van der Waals surface area (Å²) in [6.07, 6.45) is 1.70. The van der Waals surface area contributed by atoms with Crippen molar-refractivity contribution in [2.75, 3.05) is 7.11 Å². The summed E-state index contributed by atoms with van der Waals surface area (Å²) in [7, 11) is 1.68. The van der Waals surface area contributed by atoms with Gasteiger partial charge in [-0.3, -0.25) is 4.98 Å². The third-order valence-corrected chi connectivity index (χ3v) is 3.11. The molecule has 0 spiro atoms. The summed E-state index contributed by atoms with van der Waals surface area (Å²) in [5.41, 5.74) is 4.13. The quantitative estimate of drug-likeness (QED) is 0.800. The van der Waals surface area contributed by atoms with Crippen LogP contribution in [0.4, 0.5) is 0 Å². The highest BCUT2D eigenvalue weighted by atomic mass is 35.5. The van der Waals surface area contributed by atoms with Gasteiger partial charge < -0.3 is 4.74 Å². The highest BCUT2D eigenvalue weighted by molar-refractivity contribution is 6.30. The molecule has 1 aromatic heterocycles. The highest BCUT2D eigenvalue weighted by Crippen LogP contribution is 2.34. The molecule has 1 heterocycles. The fourth-order valence-corrected chi connectivity index (χ4v) is 1.97. The van der Waals surface area contributed by atoms with Crippen LogP contribution >= 0.6 is 11.6 Å². The molecule has 0 atom stereocenters. The second kappa shape index (κ2) is 4.76. The Kier molecular flexibility index (Phi) is 3.34. The molecule has 0 aliphatic carbocycles. The first-order valence-corrected chi connectivity index (χ1v) is 5.77. The fraction of sp³-hybridized carbons (Fsp3) is 0.214. The van der Waals surface area contributed by atoms with Gasteiger partial charge in [-0.15, -0.1) is 0 Å². The maximum Gasteiger partial charge on any atom is 0.131 e. The van der Waals surface area contributed by atoms with Crippen LogP contribution in [0.25, 0.3) is 11.3 Å². The van der Waals surface area contributed by atoms with Gasteiger partial charge in [0.25, 0.3) is 0 Å². The van der Waals surface area contributed by atoms with Gasteiger partial charge >= 0.3 is 0 Å². The largest absolute Gasteiger partial charge is 0.496 e. The number of aryl methyl sites for hydroxylation is 1. The maximum absolute atomic E-state index is 5.98. The average Bonchev–Trinajstić information content (AvgIpc) is 2.32. The van der Waals surface area contributed by atoms with Crippen molar-refractivity contribution in [3.8, 4) is 17.0 Å². The Morgan fingerprint density at radius 1 is 1.18 bits per heavy atom. The molecule has 2 rings (SSSR count). The normalized spacial score (nSPS) is 10.4. The molecule has 88 valence electrons. The molecule has 2 nitrogen and oxygen atoms in total. The molecule has 0 aliphatic rings. The molecule has 2 aromatic rings. The highest BCUT2D eigenvalue weighted by Gasteiger charge is 2.11. The molecule has 0 N–H and O–H groups in total. The zero-order valence-electron chi connectivity index (χ0n) is 10.1. The van der Waals surface area contributed by atoms with Gasteiger partial charge in [-0.1, -0.05) is 17.7 Å². The molecule has 0 bridgehead atoms. The SMILES string of the molecule is COc1c(-c2cc(Cl)ccn2)ccc(C)c1C. The molecule has 0 saturated carbocycles. The first kappa shape index (κ1) is 11.9. The number of hydrogen-bond acceptors (Lipinski definition) is 2. The van der Waals surface area contributed by atoms with Gasteiger partial charge in [0.1, 0.15) is 5.75 Å². The van der Waals surface area contributed by atoms with E-state index in [1.165, 1.54) is 5.56 Å². The van der Waals surface area contributed by atoms with E-state index in [2.05, 4.69) is 18.0 Å². The minimum absolute atomic E-state index is 0.676. The van der Waals surface area contributed by atoms with Gasteiger partial charge in [0.05, 0.1) is 12.8 Å². The first-order valence-electron chi connectivity index (χ1n) is 5.39. The third kappa shape index (κ3) is 2.27. The zero-order chi connectivity index (χ0) is 12.4. The number of rotatable bonds is 2. The van der Waals surface area contributed by atoms with Gasteiger partial charge in [0.2, 0.25) is 0 Å². The standard InChI is InChI=1S/C14H14ClNO/c1-9-4-5-12(14(17-3)10(9)2)13-8-11(15)6-7-16-13/h4-8H,1-3H3. The van der Waals surface area contributed by atoms with Crippen LogP contribution in [-0.4, -0.2) is 12.1 Å². The summed E-state index contributed by atoms with van der Waals surface area (Å²) in [5, 5.41) is 0.676. The predicted molar refractivity (Wildman–Crippen MR) is 70.7 cm³/mol. The summed E-state index contributed by atoms with van der Waals surface area (Å²) in [6, 6.07) is 7.68. The summed E-state index contributed by atoms with van der Waals surface area (Å²) in [6.45, 7) is 4.11. The number of hydrogen-bond donors (Lipinski definition) is 0. The molecular formula is C14H14ClNO. The van der Waals surface area contributed by atoms with Crippen molar-refractivity contribution in [1.82, 2.24) is 4.98 Å². The second-order valence-corrected chi connectivity index (χ2v) is 4.38. The molecule has 1 aromatic carbocycles. The van der Waals surface area contributed by atoms with Crippen molar-refractivity contribution in [2.24, 2.45) is 0 Å². The van der Waals surface area contributed by atoms with Gasteiger partial charge in [0.15, 0.2) is 0 Å². The van der Waals surface area contributed by atoms with Crippen molar-refractivity contribution in [2.45, 2.75) is 13.8 Å². The molecule has 0 saturated heterocycles. The van der Waals surface area contributed by atoms with Crippen molar-refractivity contribution in [1.29, 1.82) is 0 Å². The molecule has 0 amide bonds. The Labute approximate surface area is 106 Å². The maximum atomic E-state index is 5.98. The Morgan fingerprint density at radius 3 is 2.59 bits per heavy atom. The minimum atomic E-state index is 0.676. The van der Waals surface area contributed by atoms with Crippen LogP contribution in [0.2, 0.25) is 5.02 Å². The van der Waals surface area contributed by atoms with Crippen molar-refractivity contribution in [3.63, 3.8) is 0 Å². The Bertz CT molecular complexity index is 552. The van der Waals surface area contributed by atoms with Crippen LogP contribution < -0.4 is 4.74 Å². The number of pyridine rings is 1. The monoisotopic (exact) mass is 247 g/mol. The van der Waals surface area contributed by atoms with Crippen LogP contribution in [0.15, 0.2) is 30.5 Å². The van der Waals surface area contributed by atoms with Crippen LogP contribution in [-0.2, 0) is 0 Å². The third-order valence-electron chi connectivity index (χ3n) is 2.88. The summed E-state index contributed by atoms with van der Waals surface area (Å²) < 4.78 is 5.47. The van der Waals surface area contributed by atoms with E-state index in [0.29, 0.717) is 5.02 Å². The number of halogens is 1. The smallest absolute Gasteiger partial charge is 0.131 e. The van der Waals surface area contributed by atoms with E-state index in [4.69, 9.17) is 16.3 Å². The Morgan fingerprint density at radius 2 is 1.94 bits per heavy atom. The molecule has 3 heteroatoms. The van der Waals surface area contributed by atoms with E-state index in [0.717, 1.165) is 22.6 Å². The topological polar surface area (TPSA) is 22.1 Å². The Hall–Kier alpha value is -1.54. The van der Waals surface area contributed by atoms with Crippen molar-refractivity contribution < 1.29 is 4.74 Å². The van der Waals surface area contributed by atoms with E-state index in [-0.39, 0.29) is 0 Å². The van der Waals surface area contributed by atoms with Gasteiger partial charge in [-0.05, 0) is 43.2 Å². The van der Waals surface area contributed by atoms with Gasteiger partial charge in [-0.2, -0.15) is 0 Å². The molecular weight excluding hydrogens is 234 g/mol. The summed E-state index contributed by atoms with van der Waals surface area (Å²) >= 11 is 5.98. The number of aromatic nitrogens is 1. The van der Waals surface area contributed by atoms with E-state index >= 15 is 0 Å². The van der Waals surface area contributed by atoms with E-state index < -0.39 is 0 Å². The van der Waals surface area contributed by atoms with Crippen molar-refractivity contribution in [3.05, 3.63) is 46.6 Å². The molecule has 0 aliphatic heterocycles. The summed E-state index contributed by atoms with van der Waals surface area (Å²) in [4.78, 5) is 4.32. The fourth-order valence-electron chi connectivity index (χ4n) is 1.81. The Balaban J connectivity index is 2.63. The van der Waals surface area contributed by atoms with Crippen molar-refractivity contribution >= 4 is 11.6 Å².